The maximum absolute atomic E-state index is 13.8. The predicted molar refractivity (Wildman–Crippen MR) is 149 cm³/mol. The number of hydrogen-bond donors (Lipinski definition) is 0. The summed E-state index contributed by atoms with van der Waals surface area (Å²) in [7, 11) is 0. The molecule has 7 rings (SSSR count). The van der Waals surface area contributed by atoms with E-state index >= 15 is 0 Å². The second-order valence-electron chi connectivity index (χ2n) is 11.3. The van der Waals surface area contributed by atoms with Crippen LogP contribution in [0.25, 0.3) is 0 Å². The highest BCUT2D eigenvalue weighted by Gasteiger charge is 2.48. The van der Waals surface area contributed by atoms with Gasteiger partial charge in [0.2, 0.25) is 0 Å². The van der Waals surface area contributed by atoms with Gasteiger partial charge < -0.3 is 9.80 Å². The van der Waals surface area contributed by atoms with Crippen molar-refractivity contribution >= 4 is 11.7 Å². The van der Waals surface area contributed by atoms with Gasteiger partial charge in [0.05, 0.1) is 29.9 Å². The molecule has 4 aliphatic rings. The van der Waals surface area contributed by atoms with Crippen LogP contribution in [0, 0.1) is 31.0 Å². The van der Waals surface area contributed by atoms with E-state index in [9.17, 15) is 14.4 Å². The number of nitrogens with zero attached hydrogens (tertiary/aromatic N) is 5. The van der Waals surface area contributed by atoms with Crippen molar-refractivity contribution in [2.75, 3.05) is 31.1 Å². The van der Waals surface area contributed by atoms with Crippen LogP contribution in [0.2, 0.25) is 0 Å². The minimum Gasteiger partial charge on any atom is -0.352 e. The van der Waals surface area contributed by atoms with Crippen molar-refractivity contribution in [2.45, 2.75) is 57.7 Å². The number of piperidine rings is 2. The molecule has 39 heavy (non-hydrogen) atoms. The van der Waals surface area contributed by atoms with E-state index in [1.54, 1.807) is 6.07 Å². The number of likely N-dealkylation sites (tertiary alicyclic amines) is 1. The molecule has 4 saturated heterocycles. The lowest BCUT2D eigenvalue weighted by Gasteiger charge is -2.56. The third kappa shape index (κ3) is 4.90. The summed E-state index contributed by atoms with van der Waals surface area (Å²) in [6.45, 7) is 8.40. The molecular formula is C32H34FN5O. The van der Waals surface area contributed by atoms with Crippen LogP contribution in [0.5, 0.6) is 0 Å². The Morgan fingerprint density at radius 3 is 2.49 bits per heavy atom. The largest absolute Gasteiger partial charge is 0.352 e. The number of pyridine rings is 1. The predicted octanol–water partition coefficient (Wildman–Crippen LogP) is 5.19. The molecule has 7 heteroatoms. The number of rotatable bonds is 5. The zero-order valence-electron chi connectivity index (χ0n) is 22.6. The zero-order valence-corrected chi connectivity index (χ0v) is 22.6. The van der Waals surface area contributed by atoms with Crippen molar-refractivity contribution in [2.24, 2.45) is 0 Å². The van der Waals surface area contributed by atoms with Crippen molar-refractivity contribution in [3.63, 3.8) is 0 Å². The fourth-order valence-electron chi connectivity index (χ4n) is 6.72. The molecule has 1 amide bonds. The summed E-state index contributed by atoms with van der Waals surface area (Å²) in [6, 6.07) is 18.1. The first-order valence-corrected chi connectivity index (χ1v) is 13.9. The molecule has 6 nitrogen and oxygen atoms in total. The van der Waals surface area contributed by atoms with Gasteiger partial charge >= 0.3 is 0 Å². The minimum absolute atomic E-state index is 0.119. The summed E-state index contributed by atoms with van der Waals surface area (Å²) >= 11 is 0. The number of carbonyl (C=O) groups excluding carboxylic acids is 1. The highest BCUT2D eigenvalue weighted by Crippen LogP contribution is 2.36. The molecule has 4 fully saturated rings. The van der Waals surface area contributed by atoms with E-state index in [-0.39, 0.29) is 23.8 Å². The molecular weight excluding hydrogens is 489 g/mol. The topological polar surface area (TPSA) is 63.5 Å². The zero-order chi connectivity index (χ0) is 27.1. The standard InChI is InChI=1S/C32H34FN5O/c1-21-13-22(2)30(32(39)38-27-15-28(38)20-37(19-27)31-8-7-26(33)17-35-31)14-25(21)18-36-11-9-23(10-12-36)29-6-4-3-5-24(29)16-34/h3-8,13-14,17,23,27-28H,9-12,15,18-20H2,1-2H3. The summed E-state index contributed by atoms with van der Waals surface area (Å²) in [5.41, 5.74) is 6.22. The van der Waals surface area contributed by atoms with Gasteiger partial charge in [-0.05, 0) is 98.6 Å². The van der Waals surface area contributed by atoms with Gasteiger partial charge in [-0.3, -0.25) is 9.69 Å². The first-order valence-electron chi connectivity index (χ1n) is 13.9. The number of nitriles is 1. The molecule has 0 N–H and O–H groups in total. The van der Waals surface area contributed by atoms with Crippen molar-refractivity contribution in [1.29, 1.82) is 5.26 Å². The van der Waals surface area contributed by atoms with Gasteiger partial charge in [0.25, 0.3) is 5.91 Å². The van der Waals surface area contributed by atoms with Crippen LogP contribution in [-0.4, -0.2) is 59.0 Å². The molecule has 2 unspecified atom stereocenters. The summed E-state index contributed by atoms with van der Waals surface area (Å²) in [4.78, 5) is 24.7. The lowest BCUT2D eigenvalue weighted by Crippen LogP contribution is -2.70. The maximum atomic E-state index is 13.8. The smallest absolute Gasteiger partial charge is 0.254 e. The number of carbonyl (C=O) groups is 1. The first-order chi connectivity index (χ1) is 18.9. The number of piperazine rings is 1. The molecule has 5 heterocycles. The van der Waals surface area contributed by atoms with E-state index in [1.165, 1.54) is 29.0 Å². The molecule has 0 aliphatic carbocycles. The summed E-state index contributed by atoms with van der Waals surface area (Å²) < 4.78 is 13.3. The SMILES string of the molecule is Cc1cc(C)c(C(=O)N2C3CC2CN(c2ccc(F)cn2)C3)cc1CN1CCC(c2ccccc2C#N)CC1. The van der Waals surface area contributed by atoms with Crippen LogP contribution in [0.15, 0.2) is 54.7 Å². The monoisotopic (exact) mass is 523 g/mol. The Bertz CT molecular complexity index is 1410. The number of anilines is 1. The lowest BCUT2D eigenvalue weighted by atomic mass is 9.85. The van der Waals surface area contributed by atoms with Crippen molar-refractivity contribution in [1.82, 2.24) is 14.8 Å². The fourth-order valence-corrected chi connectivity index (χ4v) is 6.72. The van der Waals surface area contributed by atoms with Gasteiger partial charge in [-0.15, -0.1) is 0 Å². The summed E-state index contributed by atoms with van der Waals surface area (Å²) in [5, 5.41) is 9.50. The first kappa shape index (κ1) is 25.5. The Morgan fingerprint density at radius 2 is 1.79 bits per heavy atom. The molecule has 2 aromatic carbocycles. The summed E-state index contributed by atoms with van der Waals surface area (Å²) in [5.74, 6) is 0.973. The number of fused-ring (bicyclic) bond motifs is 2. The van der Waals surface area contributed by atoms with E-state index in [2.05, 4.69) is 50.9 Å². The average Bonchev–Trinajstić information content (AvgIpc) is 2.95. The second-order valence-corrected chi connectivity index (χ2v) is 11.3. The minimum atomic E-state index is -0.336. The van der Waals surface area contributed by atoms with Crippen LogP contribution >= 0.6 is 0 Å². The normalized spacial score (nSPS) is 21.4. The van der Waals surface area contributed by atoms with Gasteiger partial charge in [0, 0.05) is 25.2 Å². The molecule has 3 aromatic rings. The summed E-state index contributed by atoms with van der Waals surface area (Å²) in [6.07, 6.45) is 4.33. The van der Waals surface area contributed by atoms with Gasteiger partial charge in [-0.25, -0.2) is 9.37 Å². The molecule has 2 atom stereocenters. The Balaban J connectivity index is 1.12. The molecule has 0 radical (unpaired) electrons. The van der Waals surface area contributed by atoms with Gasteiger partial charge in [-0.1, -0.05) is 24.3 Å². The molecule has 0 spiro atoms. The third-order valence-electron chi connectivity index (χ3n) is 8.88. The van der Waals surface area contributed by atoms with E-state index in [1.807, 2.05) is 25.1 Å². The number of aromatic nitrogens is 1. The highest BCUT2D eigenvalue weighted by atomic mass is 19.1. The van der Waals surface area contributed by atoms with Gasteiger partial charge in [-0.2, -0.15) is 5.26 Å². The van der Waals surface area contributed by atoms with Crippen LogP contribution in [-0.2, 0) is 6.54 Å². The number of benzene rings is 2. The molecule has 0 saturated carbocycles. The fraction of sp³-hybridized carbons (Fsp3) is 0.406. The molecule has 2 bridgehead atoms. The lowest BCUT2D eigenvalue weighted by molar-refractivity contribution is 0.00568. The maximum Gasteiger partial charge on any atom is 0.254 e. The number of hydrogen-bond acceptors (Lipinski definition) is 5. The molecule has 4 aliphatic heterocycles. The highest BCUT2D eigenvalue weighted by molar-refractivity contribution is 5.97. The van der Waals surface area contributed by atoms with Crippen molar-refractivity contribution in [3.8, 4) is 6.07 Å². The molecule has 200 valence electrons. The number of amides is 1. The second kappa shape index (κ2) is 10.4. The van der Waals surface area contributed by atoms with Crippen molar-refractivity contribution in [3.05, 3.63) is 93.9 Å². The Labute approximate surface area is 229 Å². The third-order valence-corrected chi connectivity index (χ3v) is 8.88. The Morgan fingerprint density at radius 1 is 1.05 bits per heavy atom. The van der Waals surface area contributed by atoms with E-state index in [0.717, 1.165) is 74.5 Å². The van der Waals surface area contributed by atoms with E-state index in [4.69, 9.17) is 0 Å². The van der Waals surface area contributed by atoms with Crippen LogP contribution in [0.3, 0.4) is 0 Å². The molecule has 1 aromatic heterocycles. The van der Waals surface area contributed by atoms with Crippen LogP contribution < -0.4 is 4.90 Å². The Kier molecular flexibility index (Phi) is 6.82. The van der Waals surface area contributed by atoms with Gasteiger partial charge in [0.1, 0.15) is 11.6 Å². The quantitative estimate of drug-likeness (QED) is 0.461. The van der Waals surface area contributed by atoms with Crippen molar-refractivity contribution < 1.29 is 9.18 Å². The van der Waals surface area contributed by atoms with E-state index < -0.39 is 0 Å². The van der Waals surface area contributed by atoms with E-state index in [0.29, 0.717) is 5.92 Å². The van der Waals surface area contributed by atoms with Crippen LogP contribution in [0.1, 0.15) is 63.4 Å². The Hall–Kier alpha value is -3.76. The number of halogens is 1. The van der Waals surface area contributed by atoms with Gasteiger partial charge in [0.15, 0.2) is 0 Å². The number of aryl methyl sites for hydroxylation is 2. The van der Waals surface area contributed by atoms with Crippen LogP contribution in [0.4, 0.5) is 10.2 Å². The average molecular weight is 524 g/mol.